The van der Waals surface area contributed by atoms with Gasteiger partial charge in [-0.05, 0) is 22.0 Å². The second-order valence-corrected chi connectivity index (χ2v) is 5.43. The maximum absolute atomic E-state index is 12.3. The zero-order chi connectivity index (χ0) is 14.0. The Bertz CT molecular complexity index is 614. The van der Waals surface area contributed by atoms with Crippen molar-refractivity contribution in [2.75, 3.05) is 7.05 Å². The second-order valence-electron chi connectivity index (χ2n) is 4.14. The highest BCUT2D eigenvalue weighted by atomic mass is 79.9. The largest absolute Gasteiger partial charge is 0.351 e. The smallest absolute Gasteiger partial charge is 0.273 e. The summed E-state index contributed by atoms with van der Waals surface area (Å²) in [6.07, 6.45) is 4.70. The molecular formula is C12H12BrClN4O. The number of carbonyl (C=O) groups excluding carboxylic acids is 1. The van der Waals surface area contributed by atoms with Crippen molar-refractivity contribution in [3.63, 3.8) is 0 Å². The molecule has 0 aliphatic rings. The molecule has 0 aliphatic carbocycles. The lowest BCUT2D eigenvalue weighted by molar-refractivity contribution is 0.0775. The fourth-order valence-electron chi connectivity index (χ4n) is 1.69. The van der Waals surface area contributed by atoms with Crippen LogP contribution in [0.3, 0.4) is 0 Å². The van der Waals surface area contributed by atoms with Gasteiger partial charge >= 0.3 is 0 Å². The van der Waals surface area contributed by atoms with Gasteiger partial charge in [0.05, 0.1) is 16.0 Å². The molecule has 1 amide bonds. The summed E-state index contributed by atoms with van der Waals surface area (Å²) < 4.78 is 2.47. The Morgan fingerprint density at radius 1 is 1.58 bits per heavy atom. The highest BCUT2D eigenvalue weighted by molar-refractivity contribution is 9.10. The van der Waals surface area contributed by atoms with Gasteiger partial charge in [0.1, 0.15) is 12.0 Å². The summed E-state index contributed by atoms with van der Waals surface area (Å²) >= 11 is 9.19. The first kappa shape index (κ1) is 14.0. The van der Waals surface area contributed by atoms with Crippen LogP contribution in [0.15, 0.2) is 29.3 Å². The molecule has 2 aromatic rings. The molecular weight excluding hydrogens is 332 g/mol. The number of nitrogens with zero attached hydrogens (tertiary/aromatic N) is 4. The minimum Gasteiger partial charge on any atom is -0.351 e. The quantitative estimate of drug-likeness (QED) is 0.860. The molecule has 0 saturated heterocycles. The lowest BCUT2D eigenvalue weighted by Crippen LogP contribution is -2.28. The van der Waals surface area contributed by atoms with Crippen LogP contribution in [0.5, 0.6) is 0 Å². The van der Waals surface area contributed by atoms with E-state index >= 15 is 0 Å². The average molecular weight is 344 g/mol. The molecule has 2 heterocycles. The molecule has 0 saturated carbocycles. The maximum Gasteiger partial charge on any atom is 0.273 e. The zero-order valence-electron chi connectivity index (χ0n) is 10.5. The Hall–Kier alpha value is -1.40. The number of rotatable bonds is 3. The van der Waals surface area contributed by atoms with E-state index in [1.54, 1.807) is 24.3 Å². The number of hydrogen-bond acceptors (Lipinski definition) is 3. The Morgan fingerprint density at radius 3 is 2.89 bits per heavy atom. The minimum atomic E-state index is -0.174. The molecule has 0 atom stereocenters. The topological polar surface area (TPSA) is 51.0 Å². The van der Waals surface area contributed by atoms with Gasteiger partial charge in [-0.2, -0.15) is 0 Å². The fourth-order valence-corrected chi connectivity index (χ4v) is 2.35. The molecule has 19 heavy (non-hydrogen) atoms. The Balaban J connectivity index is 2.16. The van der Waals surface area contributed by atoms with Gasteiger partial charge in [0.2, 0.25) is 0 Å². The van der Waals surface area contributed by atoms with Crippen LogP contribution in [0.4, 0.5) is 0 Å². The van der Waals surface area contributed by atoms with Gasteiger partial charge in [0, 0.05) is 32.2 Å². The normalized spacial score (nSPS) is 10.5. The monoisotopic (exact) mass is 342 g/mol. The lowest BCUT2D eigenvalue weighted by Gasteiger charge is -2.17. The molecule has 2 rings (SSSR count). The molecule has 0 unspecified atom stereocenters. The Kier molecular flexibility index (Phi) is 4.21. The van der Waals surface area contributed by atoms with E-state index in [2.05, 4.69) is 25.9 Å². The van der Waals surface area contributed by atoms with Gasteiger partial charge in [0.15, 0.2) is 0 Å². The average Bonchev–Trinajstić information content (AvgIpc) is 2.67. The van der Waals surface area contributed by atoms with E-state index in [-0.39, 0.29) is 5.91 Å². The molecule has 5 nitrogen and oxygen atoms in total. The summed E-state index contributed by atoms with van der Waals surface area (Å²) in [4.78, 5) is 21.7. The molecule has 0 spiro atoms. The van der Waals surface area contributed by atoms with Crippen LogP contribution in [0.25, 0.3) is 0 Å². The molecule has 100 valence electrons. The first-order valence-corrected chi connectivity index (χ1v) is 6.68. The molecule has 0 N–H and O–H groups in total. The van der Waals surface area contributed by atoms with Crippen LogP contribution in [0.1, 0.15) is 16.2 Å². The van der Waals surface area contributed by atoms with E-state index in [0.717, 1.165) is 5.69 Å². The number of carbonyl (C=O) groups is 1. The highest BCUT2D eigenvalue weighted by Crippen LogP contribution is 2.17. The first-order chi connectivity index (χ1) is 8.99. The van der Waals surface area contributed by atoms with Crippen LogP contribution in [-0.2, 0) is 13.6 Å². The zero-order valence-corrected chi connectivity index (χ0v) is 12.8. The number of amides is 1. The van der Waals surface area contributed by atoms with Gasteiger partial charge in [0.25, 0.3) is 5.91 Å². The third-order valence-corrected chi connectivity index (χ3v) is 3.48. The van der Waals surface area contributed by atoms with Crippen LogP contribution >= 0.6 is 27.5 Å². The molecule has 0 fully saturated rings. The van der Waals surface area contributed by atoms with Crippen LogP contribution in [0.2, 0.25) is 5.02 Å². The number of hydrogen-bond donors (Lipinski definition) is 0. The summed E-state index contributed by atoms with van der Waals surface area (Å²) in [5.74, 6) is -0.174. The molecule has 0 aromatic carbocycles. The number of halogens is 2. The maximum atomic E-state index is 12.3. The third kappa shape index (κ3) is 3.13. The van der Waals surface area contributed by atoms with Crippen molar-refractivity contribution in [3.8, 4) is 0 Å². The van der Waals surface area contributed by atoms with E-state index < -0.39 is 0 Å². The van der Waals surface area contributed by atoms with E-state index in [0.29, 0.717) is 21.7 Å². The van der Waals surface area contributed by atoms with E-state index in [9.17, 15) is 4.79 Å². The number of aromatic nitrogens is 3. The summed E-state index contributed by atoms with van der Waals surface area (Å²) in [6, 6.07) is 1.83. The molecule has 2 aromatic heterocycles. The van der Waals surface area contributed by atoms with Gasteiger partial charge in [-0.15, -0.1) is 0 Å². The van der Waals surface area contributed by atoms with Gasteiger partial charge in [-0.1, -0.05) is 11.6 Å². The summed E-state index contributed by atoms with van der Waals surface area (Å²) in [5.41, 5.74) is 1.30. The van der Waals surface area contributed by atoms with Crippen molar-refractivity contribution in [3.05, 3.63) is 45.7 Å². The standard InChI is InChI=1S/C12H12BrClN4O/c1-17-5-8(14)3-9(17)6-18(2)12(19)11-10(13)4-15-7-16-11/h3-5,7H,6H2,1-2H3. The second kappa shape index (κ2) is 5.71. The van der Waals surface area contributed by atoms with Crippen molar-refractivity contribution in [1.29, 1.82) is 0 Å². The lowest BCUT2D eigenvalue weighted by atomic mass is 10.3. The van der Waals surface area contributed by atoms with Crippen LogP contribution < -0.4 is 0 Å². The van der Waals surface area contributed by atoms with Crippen LogP contribution in [-0.4, -0.2) is 32.4 Å². The number of aryl methyl sites for hydroxylation is 1. The van der Waals surface area contributed by atoms with Crippen molar-refractivity contribution < 1.29 is 4.79 Å². The van der Waals surface area contributed by atoms with Crippen molar-refractivity contribution in [2.45, 2.75) is 6.54 Å². The fraction of sp³-hybridized carbons (Fsp3) is 0.250. The van der Waals surface area contributed by atoms with Crippen molar-refractivity contribution in [1.82, 2.24) is 19.4 Å². The highest BCUT2D eigenvalue weighted by Gasteiger charge is 2.17. The van der Waals surface area contributed by atoms with Crippen molar-refractivity contribution in [2.24, 2.45) is 7.05 Å². The summed E-state index contributed by atoms with van der Waals surface area (Å²) in [5, 5.41) is 0.654. The van der Waals surface area contributed by atoms with Crippen molar-refractivity contribution >= 4 is 33.4 Å². The predicted molar refractivity (Wildman–Crippen MR) is 76.0 cm³/mol. The SMILES string of the molecule is CN(Cc1cc(Cl)cn1C)C(=O)c1ncncc1Br. The molecule has 0 radical (unpaired) electrons. The van der Waals surface area contributed by atoms with Gasteiger partial charge in [-0.25, -0.2) is 9.97 Å². The third-order valence-electron chi connectivity index (χ3n) is 2.69. The Morgan fingerprint density at radius 2 is 2.32 bits per heavy atom. The summed E-state index contributed by atoms with van der Waals surface area (Å²) in [7, 11) is 3.61. The molecule has 0 bridgehead atoms. The van der Waals surface area contributed by atoms with E-state index in [4.69, 9.17) is 11.6 Å². The first-order valence-electron chi connectivity index (χ1n) is 5.50. The molecule has 7 heteroatoms. The molecule has 0 aliphatic heterocycles. The van der Waals surface area contributed by atoms with E-state index in [1.807, 2.05) is 17.7 Å². The minimum absolute atomic E-state index is 0.174. The van der Waals surface area contributed by atoms with Gasteiger partial charge < -0.3 is 9.47 Å². The van der Waals surface area contributed by atoms with Crippen LogP contribution in [0, 0.1) is 0 Å². The van der Waals surface area contributed by atoms with Gasteiger partial charge in [-0.3, -0.25) is 4.79 Å². The predicted octanol–water partition coefficient (Wildman–Crippen LogP) is 2.50. The van der Waals surface area contributed by atoms with E-state index in [1.165, 1.54) is 6.33 Å². The Labute approximate surface area is 124 Å². The summed E-state index contributed by atoms with van der Waals surface area (Å²) in [6.45, 7) is 0.457.